The molecule has 0 unspecified atom stereocenters. The van der Waals surface area contributed by atoms with E-state index in [1.807, 2.05) is 11.0 Å². The highest BCUT2D eigenvalue weighted by Gasteiger charge is 2.41. The smallest absolute Gasteiger partial charge is 0.393 e. The Hall–Kier alpha value is -5.31. The molecule has 1 fully saturated rings. The fraction of sp³-hybridized carbons (Fsp3) is 0.333. The van der Waals surface area contributed by atoms with Crippen LogP contribution in [-0.2, 0) is 26.3 Å². The van der Waals surface area contributed by atoms with Crippen LogP contribution in [0.2, 0.25) is 0 Å². The van der Waals surface area contributed by atoms with Gasteiger partial charge in [-0.2, -0.15) is 23.7 Å². The Bertz CT molecular complexity index is 1940. The number of hydrogen-bond acceptors (Lipinski definition) is 9. The predicted molar refractivity (Wildman–Crippen MR) is 166 cm³/mol. The van der Waals surface area contributed by atoms with Crippen molar-refractivity contribution in [1.29, 1.82) is 10.5 Å². The van der Waals surface area contributed by atoms with Crippen molar-refractivity contribution >= 4 is 17.5 Å². The number of pyridine rings is 1. The van der Waals surface area contributed by atoms with Crippen LogP contribution in [0, 0.1) is 22.7 Å². The molecule has 2 N–H and O–H groups in total. The third-order valence-corrected chi connectivity index (χ3v) is 8.59. The quantitative estimate of drug-likeness (QED) is 0.244. The van der Waals surface area contributed by atoms with Gasteiger partial charge in [-0.15, -0.1) is 10.2 Å². The zero-order valence-corrected chi connectivity index (χ0v) is 25.6. The summed E-state index contributed by atoms with van der Waals surface area (Å²) in [6, 6.07) is 15.2. The molecule has 0 atom stereocenters. The number of aliphatic hydroxyl groups is 1. The van der Waals surface area contributed by atoms with Crippen molar-refractivity contribution in [2.45, 2.75) is 50.7 Å². The molecule has 3 heterocycles. The van der Waals surface area contributed by atoms with Crippen LogP contribution in [0.1, 0.15) is 51.9 Å². The fourth-order valence-electron chi connectivity index (χ4n) is 6.06. The van der Waals surface area contributed by atoms with Gasteiger partial charge in [0.1, 0.15) is 18.0 Å². The van der Waals surface area contributed by atoms with Crippen molar-refractivity contribution in [3.8, 4) is 34.7 Å². The number of amides is 1. The average Bonchev–Trinajstić information content (AvgIpc) is 3.60. The van der Waals surface area contributed by atoms with Crippen molar-refractivity contribution < 1.29 is 23.1 Å². The Morgan fingerprint density at radius 3 is 2.55 bits per heavy atom. The maximum atomic E-state index is 14.4. The van der Waals surface area contributed by atoms with E-state index in [-0.39, 0.29) is 49.0 Å². The first kappa shape index (κ1) is 31.7. The van der Waals surface area contributed by atoms with Crippen molar-refractivity contribution in [1.82, 2.24) is 24.6 Å². The summed E-state index contributed by atoms with van der Waals surface area (Å²) in [5, 5.41) is 39.7. The number of aliphatic hydroxyl groups excluding tert-OH is 1. The first-order chi connectivity index (χ1) is 22.5. The van der Waals surface area contributed by atoms with Gasteiger partial charge in [0.2, 0.25) is 0 Å². The van der Waals surface area contributed by atoms with Gasteiger partial charge in [0.25, 0.3) is 5.91 Å². The van der Waals surface area contributed by atoms with Gasteiger partial charge in [0.15, 0.2) is 5.82 Å². The molecule has 1 aliphatic carbocycles. The lowest BCUT2D eigenvalue weighted by Crippen LogP contribution is -2.44. The number of rotatable bonds is 9. The molecule has 14 heteroatoms. The second-order valence-corrected chi connectivity index (χ2v) is 11.8. The second kappa shape index (κ2) is 12.5. The summed E-state index contributed by atoms with van der Waals surface area (Å²) in [6.45, 7) is 0.0697. The Morgan fingerprint density at radius 1 is 1.11 bits per heavy atom. The minimum absolute atomic E-state index is 0.0460. The molecular formula is C33H30F3N9O2. The minimum Gasteiger partial charge on any atom is -0.393 e. The highest BCUT2D eigenvalue weighted by molar-refractivity contribution is 6.10. The van der Waals surface area contributed by atoms with Gasteiger partial charge >= 0.3 is 6.18 Å². The topological polar surface area (TPSA) is 147 Å². The molecule has 4 aromatic rings. The van der Waals surface area contributed by atoms with Gasteiger partial charge in [-0.3, -0.25) is 14.6 Å². The lowest BCUT2D eigenvalue weighted by molar-refractivity contribution is -0.138. The number of hydrogen-bond donors (Lipinski definition) is 2. The van der Waals surface area contributed by atoms with Gasteiger partial charge in [0.05, 0.1) is 42.3 Å². The van der Waals surface area contributed by atoms with Crippen LogP contribution in [0.4, 0.5) is 24.8 Å². The zero-order valence-electron chi connectivity index (χ0n) is 25.6. The van der Waals surface area contributed by atoms with Crippen LogP contribution >= 0.6 is 0 Å². The molecule has 1 saturated carbocycles. The molecule has 2 aromatic heterocycles. The van der Waals surface area contributed by atoms with Crippen molar-refractivity contribution in [3.63, 3.8) is 0 Å². The van der Waals surface area contributed by atoms with Crippen molar-refractivity contribution in [3.05, 3.63) is 76.6 Å². The number of benzene rings is 2. The van der Waals surface area contributed by atoms with Crippen LogP contribution < -0.4 is 10.2 Å². The van der Waals surface area contributed by atoms with Gasteiger partial charge in [-0.25, -0.2) is 4.98 Å². The number of alkyl halides is 3. The maximum absolute atomic E-state index is 14.4. The Labute approximate surface area is 268 Å². The van der Waals surface area contributed by atoms with Gasteiger partial charge in [0, 0.05) is 37.3 Å². The predicted octanol–water partition coefficient (Wildman–Crippen LogP) is 4.88. The highest BCUT2D eigenvalue weighted by Crippen LogP contribution is 2.41. The number of carbonyl (C=O) groups is 1. The number of nitrogens with zero attached hydrogens (tertiary/aromatic N) is 8. The molecule has 240 valence electrons. The molecule has 6 rings (SSSR count). The van der Waals surface area contributed by atoms with Crippen LogP contribution in [0.15, 0.2) is 48.8 Å². The third-order valence-electron chi connectivity index (χ3n) is 8.59. The molecular weight excluding hydrogens is 611 g/mol. The normalized spacial score (nSPS) is 17.3. The second-order valence-electron chi connectivity index (χ2n) is 11.8. The summed E-state index contributed by atoms with van der Waals surface area (Å²) < 4.78 is 45.0. The number of fused-ring (bicyclic) bond motifs is 1. The first-order valence-electron chi connectivity index (χ1n) is 14.9. The molecule has 0 radical (unpaired) electrons. The molecule has 0 saturated heterocycles. The average molecular weight is 642 g/mol. The molecule has 2 aliphatic rings. The van der Waals surface area contributed by atoms with Gasteiger partial charge in [-0.05, 0) is 84.6 Å². The van der Waals surface area contributed by atoms with Crippen molar-refractivity contribution in [2.24, 2.45) is 7.05 Å². The third kappa shape index (κ3) is 6.25. The minimum atomic E-state index is -4.70. The first-order valence-corrected chi connectivity index (χ1v) is 14.9. The maximum Gasteiger partial charge on any atom is 0.416 e. The van der Waals surface area contributed by atoms with Crippen molar-refractivity contribution in [2.75, 3.05) is 23.8 Å². The lowest BCUT2D eigenvalue weighted by atomic mass is 9.88. The number of anilines is 2. The highest BCUT2D eigenvalue weighted by atomic mass is 19.4. The zero-order chi connectivity index (χ0) is 33.5. The molecule has 1 aliphatic heterocycles. The summed E-state index contributed by atoms with van der Waals surface area (Å²) in [5.74, 6) is 0.282. The molecule has 11 nitrogen and oxygen atoms in total. The van der Waals surface area contributed by atoms with E-state index in [1.165, 1.54) is 17.3 Å². The number of nitriles is 2. The standard InChI is InChI=1S/C33H30F3N9O2/c1-43(22-13-23(46)14-22)16-20-9-26-27(28(10-20)33(34,35)36)17-45(32(26)47)30-12-21(11-29(41-30)39-7-3-6-37)25-8-19(15-38)4-5-24(25)31-42-40-18-44(31)2/h4-5,8-12,18,22-23,46H,3,7,13-14,16-17H2,1-2H3,(H,39,41)/t22-,23-. The lowest BCUT2D eigenvalue weighted by Gasteiger charge is -2.38. The number of carbonyl (C=O) groups excluding carboxylic acids is 1. The fourth-order valence-corrected chi connectivity index (χ4v) is 6.06. The Morgan fingerprint density at radius 2 is 1.89 bits per heavy atom. The number of aryl methyl sites for hydroxylation is 1. The van der Waals surface area contributed by atoms with E-state index in [0.29, 0.717) is 52.3 Å². The van der Waals surface area contributed by atoms with E-state index in [2.05, 4.69) is 26.6 Å². The number of aromatic nitrogens is 4. The molecule has 1 amide bonds. The van der Waals surface area contributed by atoms with Gasteiger partial charge < -0.3 is 15.0 Å². The molecule has 0 spiro atoms. The number of halogens is 3. The van der Waals surface area contributed by atoms with E-state index in [9.17, 15) is 28.3 Å². The summed E-state index contributed by atoms with van der Waals surface area (Å²) in [4.78, 5) is 21.6. The van der Waals surface area contributed by atoms with E-state index < -0.39 is 23.8 Å². The molecule has 0 bridgehead atoms. The van der Waals surface area contributed by atoms with Crippen LogP contribution in [0.25, 0.3) is 22.5 Å². The monoisotopic (exact) mass is 641 g/mol. The summed E-state index contributed by atoms with van der Waals surface area (Å²) in [5.41, 5.74) is 1.37. The van der Waals surface area contributed by atoms with E-state index in [1.54, 1.807) is 49.0 Å². The summed E-state index contributed by atoms with van der Waals surface area (Å²) in [6.07, 6.45) is -2.33. The van der Waals surface area contributed by atoms with Crippen LogP contribution in [-0.4, -0.2) is 61.4 Å². The largest absolute Gasteiger partial charge is 0.416 e. The Balaban J connectivity index is 1.43. The van der Waals surface area contributed by atoms with E-state index in [4.69, 9.17) is 5.26 Å². The van der Waals surface area contributed by atoms with Crippen LogP contribution in [0.3, 0.4) is 0 Å². The SMILES string of the molecule is Cn1cnnc1-c1ccc(C#N)cc1-c1cc(NCCC#N)nc(N2Cc3c(cc(CN(C)[C@H]4C[C@H](O)C4)cc3C(F)(F)F)C2=O)c1. The van der Waals surface area contributed by atoms with E-state index in [0.717, 1.165) is 6.07 Å². The van der Waals surface area contributed by atoms with E-state index >= 15 is 0 Å². The number of nitrogens with one attached hydrogen (secondary N) is 1. The Kier molecular flexibility index (Phi) is 8.40. The molecule has 2 aromatic carbocycles. The summed E-state index contributed by atoms with van der Waals surface area (Å²) in [7, 11) is 3.56. The summed E-state index contributed by atoms with van der Waals surface area (Å²) >= 11 is 0. The van der Waals surface area contributed by atoms with Crippen LogP contribution in [0.5, 0.6) is 0 Å². The van der Waals surface area contributed by atoms with Gasteiger partial charge in [-0.1, -0.05) is 0 Å². The molecule has 47 heavy (non-hydrogen) atoms.